The molecule has 1 aromatic rings. The van der Waals surface area contributed by atoms with Crippen LogP contribution in [-0.4, -0.2) is 0 Å². The number of hydrogen-bond acceptors (Lipinski definition) is 1. The Labute approximate surface area is 80.7 Å². The Balaban J connectivity index is 3.29. The van der Waals surface area contributed by atoms with Gasteiger partial charge in [-0.1, -0.05) is 6.92 Å². The third-order valence-electron chi connectivity index (χ3n) is 2.36. The van der Waals surface area contributed by atoms with Crippen LogP contribution in [0.5, 0.6) is 0 Å². The Morgan fingerprint density at radius 1 is 1.14 bits per heavy atom. The van der Waals surface area contributed by atoms with E-state index in [1.807, 2.05) is 0 Å². The first-order valence-corrected chi connectivity index (χ1v) is 4.32. The van der Waals surface area contributed by atoms with E-state index in [1.54, 1.807) is 13.8 Å². The fraction of sp³-hybridized carbons (Fsp3) is 0.400. The predicted octanol–water partition coefficient (Wildman–Crippen LogP) is 2.69. The van der Waals surface area contributed by atoms with Gasteiger partial charge in [0.15, 0.2) is 11.6 Å². The first kappa shape index (κ1) is 11.0. The van der Waals surface area contributed by atoms with Crippen molar-refractivity contribution in [3.05, 3.63) is 35.1 Å². The van der Waals surface area contributed by atoms with Crippen molar-refractivity contribution in [1.82, 2.24) is 0 Å². The van der Waals surface area contributed by atoms with Crippen LogP contribution in [-0.2, 0) is 5.54 Å². The summed E-state index contributed by atoms with van der Waals surface area (Å²) in [7, 11) is 0. The molecule has 0 amide bonds. The maximum absolute atomic E-state index is 13.2. The van der Waals surface area contributed by atoms with Gasteiger partial charge in [0.05, 0.1) is 0 Å². The summed E-state index contributed by atoms with van der Waals surface area (Å²) in [5.74, 6) is -3.08. The molecule has 0 aromatic heterocycles. The molecule has 0 saturated carbocycles. The SMILES string of the molecule is CC[C@](C)(N)c1cc(F)c(F)cc1F. The highest BCUT2D eigenvalue weighted by atomic mass is 19.2. The Hall–Kier alpha value is -1.03. The summed E-state index contributed by atoms with van der Waals surface area (Å²) in [6.45, 7) is 3.32. The number of rotatable bonds is 2. The minimum absolute atomic E-state index is 0.00102. The van der Waals surface area contributed by atoms with Crippen molar-refractivity contribution in [1.29, 1.82) is 0 Å². The molecule has 4 heteroatoms. The van der Waals surface area contributed by atoms with Crippen LogP contribution in [0.3, 0.4) is 0 Å². The van der Waals surface area contributed by atoms with Crippen LogP contribution in [0.1, 0.15) is 25.8 Å². The molecule has 78 valence electrons. The summed E-state index contributed by atoms with van der Waals surface area (Å²) in [6.07, 6.45) is 0.439. The molecule has 0 fully saturated rings. The lowest BCUT2D eigenvalue weighted by atomic mass is 9.90. The first-order valence-electron chi connectivity index (χ1n) is 4.32. The van der Waals surface area contributed by atoms with E-state index in [0.29, 0.717) is 12.5 Å². The highest BCUT2D eigenvalue weighted by molar-refractivity contribution is 5.26. The minimum atomic E-state index is -1.20. The molecule has 0 saturated heterocycles. The molecule has 0 aliphatic carbocycles. The third-order valence-corrected chi connectivity index (χ3v) is 2.36. The van der Waals surface area contributed by atoms with Crippen LogP contribution in [0, 0.1) is 17.5 Å². The second-order valence-corrected chi connectivity index (χ2v) is 3.52. The van der Waals surface area contributed by atoms with E-state index in [4.69, 9.17) is 5.73 Å². The summed E-state index contributed by atoms with van der Waals surface area (Å²) in [5, 5.41) is 0. The molecule has 0 aliphatic heterocycles. The van der Waals surface area contributed by atoms with Crippen LogP contribution >= 0.6 is 0 Å². The highest BCUT2D eigenvalue weighted by Crippen LogP contribution is 2.25. The second-order valence-electron chi connectivity index (χ2n) is 3.52. The highest BCUT2D eigenvalue weighted by Gasteiger charge is 2.24. The van der Waals surface area contributed by atoms with E-state index in [2.05, 4.69) is 0 Å². The number of halogens is 3. The molecule has 0 radical (unpaired) electrons. The quantitative estimate of drug-likeness (QED) is 0.735. The average molecular weight is 203 g/mol. The van der Waals surface area contributed by atoms with Crippen LogP contribution < -0.4 is 5.73 Å². The van der Waals surface area contributed by atoms with Crippen molar-refractivity contribution in [2.75, 3.05) is 0 Å². The lowest BCUT2D eigenvalue weighted by molar-refractivity contribution is 0.427. The van der Waals surface area contributed by atoms with Crippen LogP contribution in [0.25, 0.3) is 0 Å². The maximum atomic E-state index is 13.2. The molecular formula is C10H12F3N. The Bertz CT molecular complexity index is 347. The maximum Gasteiger partial charge on any atom is 0.161 e. The molecular weight excluding hydrogens is 191 g/mol. The molecule has 14 heavy (non-hydrogen) atoms. The monoisotopic (exact) mass is 203 g/mol. The van der Waals surface area contributed by atoms with E-state index in [0.717, 1.165) is 6.07 Å². The van der Waals surface area contributed by atoms with Gasteiger partial charge in [0.1, 0.15) is 5.82 Å². The topological polar surface area (TPSA) is 26.0 Å². The van der Waals surface area contributed by atoms with Crippen molar-refractivity contribution in [3.63, 3.8) is 0 Å². The molecule has 1 atom stereocenters. The molecule has 1 nitrogen and oxygen atoms in total. The zero-order valence-electron chi connectivity index (χ0n) is 8.07. The molecule has 1 rings (SSSR count). The van der Waals surface area contributed by atoms with Gasteiger partial charge in [-0.05, 0) is 19.4 Å². The standard InChI is InChI=1S/C10H12F3N/c1-3-10(2,14)6-4-8(12)9(13)5-7(6)11/h4-5H,3,14H2,1-2H3/t10-/m0/s1. The van der Waals surface area contributed by atoms with Gasteiger partial charge in [-0.3, -0.25) is 0 Å². The van der Waals surface area contributed by atoms with Gasteiger partial charge < -0.3 is 5.73 Å². The number of nitrogens with two attached hydrogens (primary N) is 1. The van der Waals surface area contributed by atoms with E-state index < -0.39 is 23.0 Å². The smallest absolute Gasteiger partial charge is 0.161 e. The fourth-order valence-corrected chi connectivity index (χ4v) is 1.15. The molecule has 0 bridgehead atoms. The van der Waals surface area contributed by atoms with Crippen molar-refractivity contribution < 1.29 is 13.2 Å². The van der Waals surface area contributed by atoms with Gasteiger partial charge in [0.2, 0.25) is 0 Å². The van der Waals surface area contributed by atoms with Crippen molar-refractivity contribution >= 4 is 0 Å². The summed E-state index contributed by atoms with van der Waals surface area (Å²) < 4.78 is 38.7. The number of hydrogen-bond donors (Lipinski definition) is 1. The van der Waals surface area contributed by atoms with Gasteiger partial charge in [-0.15, -0.1) is 0 Å². The Morgan fingerprint density at radius 2 is 1.64 bits per heavy atom. The minimum Gasteiger partial charge on any atom is -0.322 e. The molecule has 0 unspecified atom stereocenters. The van der Waals surface area contributed by atoms with E-state index in [9.17, 15) is 13.2 Å². The van der Waals surface area contributed by atoms with Gasteiger partial charge in [0, 0.05) is 17.2 Å². The van der Waals surface area contributed by atoms with Gasteiger partial charge in [-0.25, -0.2) is 13.2 Å². The van der Waals surface area contributed by atoms with Gasteiger partial charge >= 0.3 is 0 Å². The molecule has 0 spiro atoms. The van der Waals surface area contributed by atoms with Crippen LogP contribution in [0.2, 0.25) is 0 Å². The van der Waals surface area contributed by atoms with E-state index >= 15 is 0 Å². The summed E-state index contributed by atoms with van der Waals surface area (Å²) in [6, 6.07) is 1.33. The van der Waals surface area contributed by atoms with Crippen LogP contribution in [0.15, 0.2) is 12.1 Å². The average Bonchev–Trinajstić information content (AvgIpc) is 2.11. The van der Waals surface area contributed by atoms with Crippen molar-refractivity contribution in [3.8, 4) is 0 Å². The molecule has 1 aromatic carbocycles. The normalized spacial score (nSPS) is 15.3. The summed E-state index contributed by atoms with van der Waals surface area (Å²) >= 11 is 0. The largest absolute Gasteiger partial charge is 0.322 e. The first-order chi connectivity index (χ1) is 6.38. The summed E-state index contributed by atoms with van der Waals surface area (Å²) in [5.41, 5.74) is 4.75. The van der Waals surface area contributed by atoms with Crippen molar-refractivity contribution in [2.24, 2.45) is 5.73 Å². The fourth-order valence-electron chi connectivity index (χ4n) is 1.15. The third kappa shape index (κ3) is 1.90. The zero-order chi connectivity index (χ0) is 10.9. The Kier molecular flexibility index (Phi) is 2.85. The predicted molar refractivity (Wildman–Crippen MR) is 48.1 cm³/mol. The lowest BCUT2D eigenvalue weighted by Crippen LogP contribution is -2.33. The van der Waals surface area contributed by atoms with E-state index in [-0.39, 0.29) is 5.56 Å². The zero-order valence-corrected chi connectivity index (χ0v) is 8.07. The molecule has 0 heterocycles. The van der Waals surface area contributed by atoms with E-state index in [1.165, 1.54) is 0 Å². The van der Waals surface area contributed by atoms with Crippen molar-refractivity contribution in [2.45, 2.75) is 25.8 Å². The molecule has 0 aliphatic rings. The van der Waals surface area contributed by atoms with Gasteiger partial charge in [0.25, 0.3) is 0 Å². The second kappa shape index (κ2) is 3.61. The lowest BCUT2D eigenvalue weighted by Gasteiger charge is -2.23. The molecule has 2 N–H and O–H groups in total. The number of benzene rings is 1. The Morgan fingerprint density at radius 3 is 2.14 bits per heavy atom. The summed E-state index contributed by atoms with van der Waals surface area (Å²) in [4.78, 5) is 0. The van der Waals surface area contributed by atoms with Gasteiger partial charge in [-0.2, -0.15) is 0 Å². The van der Waals surface area contributed by atoms with Crippen LogP contribution in [0.4, 0.5) is 13.2 Å².